The Balaban J connectivity index is 1.70. The molecule has 0 aromatic carbocycles. The summed E-state index contributed by atoms with van der Waals surface area (Å²) in [4.78, 5) is 23.2. The molecule has 2 fully saturated rings. The Morgan fingerprint density at radius 3 is 2.65 bits per heavy atom. The van der Waals surface area contributed by atoms with Crippen molar-refractivity contribution in [2.24, 2.45) is 17.8 Å². The first-order chi connectivity index (χ1) is 8.24. The second-order valence-electron chi connectivity index (χ2n) is 5.92. The fraction of sp³-hybridized carbons (Fsp3) is 0.733. The van der Waals surface area contributed by atoms with Crippen LogP contribution in [0.5, 0.6) is 0 Å². The van der Waals surface area contributed by atoms with Crippen molar-refractivity contribution in [2.75, 3.05) is 0 Å². The van der Waals surface area contributed by atoms with E-state index in [1.807, 2.05) is 6.08 Å². The molecule has 0 unspecified atom stereocenters. The van der Waals surface area contributed by atoms with Gasteiger partial charge in [-0.15, -0.1) is 0 Å². The number of hydrogen-bond acceptors (Lipinski definition) is 2. The van der Waals surface area contributed by atoms with Gasteiger partial charge in [0.05, 0.1) is 0 Å². The van der Waals surface area contributed by atoms with Crippen molar-refractivity contribution in [3.63, 3.8) is 0 Å². The molecule has 0 aliphatic heterocycles. The zero-order valence-electron chi connectivity index (χ0n) is 10.3. The Labute approximate surface area is 102 Å². The van der Waals surface area contributed by atoms with Crippen LogP contribution in [0, 0.1) is 17.8 Å². The first-order valence-corrected chi connectivity index (χ1v) is 7.00. The van der Waals surface area contributed by atoms with E-state index in [1.165, 1.54) is 5.57 Å². The van der Waals surface area contributed by atoms with Gasteiger partial charge in [-0.1, -0.05) is 5.57 Å². The zero-order valence-corrected chi connectivity index (χ0v) is 10.3. The largest absolute Gasteiger partial charge is 0.299 e. The molecule has 2 saturated carbocycles. The highest BCUT2D eigenvalue weighted by atomic mass is 16.1. The predicted molar refractivity (Wildman–Crippen MR) is 65.5 cm³/mol. The fourth-order valence-corrected chi connectivity index (χ4v) is 3.99. The summed E-state index contributed by atoms with van der Waals surface area (Å²) in [5, 5.41) is 0. The molecule has 3 aliphatic carbocycles. The van der Waals surface area contributed by atoms with E-state index in [2.05, 4.69) is 0 Å². The molecule has 3 aliphatic rings. The van der Waals surface area contributed by atoms with Crippen LogP contribution >= 0.6 is 0 Å². The lowest BCUT2D eigenvalue weighted by Crippen LogP contribution is -2.28. The van der Waals surface area contributed by atoms with Crippen molar-refractivity contribution < 1.29 is 9.59 Å². The van der Waals surface area contributed by atoms with E-state index >= 15 is 0 Å². The standard InChI is InChI=1S/C15H20O2/c16-13-7-6-10-8-12(5-4-11(10)9-13)14-2-1-3-15(14)17/h9-10,12,14H,1-8H2/t10-,12-,14-/m0/s1. The Morgan fingerprint density at radius 2 is 1.88 bits per heavy atom. The van der Waals surface area contributed by atoms with Crippen molar-refractivity contribution in [3.8, 4) is 0 Å². The molecule has 0 radical (unpaired) electrons. The van der Waals surface area contributed by atoms with Gasteiger partial charge in [-0.25, -0.2) is 0 Å². The van der Waals surface area contributed by atoms with Gasteiger partial charge in [-0.3, -0.25) is 9.59 Å². The summed E-state index contributed by atoms with van der Waals surface area (Å²) in [7, 11) is 0. The smallest absolute Gasteiger partial charge is 0.155 e. The summed E-state index contributed by atoms with van der Waals surface area (Å²) in [5.74, 6) is 2.40. The molecule has 0 saturated heterocycles. The highest BCUT2D eigenvalue weighted by Crippen LogP contribution is 2.44. The molecule has 92 valence electrons. The molecule has 3 atom stereocenters. The third-order valence-corrected chi connectivity index (χ3v) is 4.92. The summed E-state index contributed by atoms with van der Waals surface area (Å²) < 4.78 is 0. The maximum atomic E-state index is 11.8. The van der Waals surface area contributed by atoms with Crippen LogP contribution in [-0.4, -0.2) is 11.6 Å². The Morgan fingerprint density at radius 1 is 1.00 bits per heavy atom. The lowest BCUT2D eigenvalue weighted by molar-refractivity contribution is -0.122. The fourth-order valence-electron chi connectivity index (χ4n) is 3.99. The van der Waals surface area contributed by atoms with E-state index in [1.54, 1.807) is 0 Å². The van der Waals surface area contributed by atoms with Crippen LogP contribution in [0.2, 0.25) is 0 Å². The molecule has 0 bridgehead atoms. The van der Waals surface area contributed by atoms with Gasteiger partial charge in [0, 0.05) is 18.8 Å². The lowest BCUT2D eigenvalue weighted by Gasteiger charge is -2.36. The number of allylic oxidation sites excluding steroid dienone is 2. The maximum Gasteiger partial charge on any atom is 0.155 e. The SMILES string of the molecule is O=C1C=C2CC[C@H]([C@@H]3CCCC3=O)C[C@@H]2CC1. The second kappa shape index (κ2) is 4.40. The summed E-state index contributed by atoms with van der Waals surface area (Å²) in [6.45, 7) is 0. The van der Waals surface area contributed by atoms with Crippen LogP contribution in [0.1, 0.15) is 51.4 Å². The normalized spacial score (nSPS) is 37.9. The molecule has 0 aromatic rings. The van der Waals surface area contributed by atoms with Crippen LogP contribution in [-0.2, 0) is 9.59 Å². The Hall–Kier alpha value is -0.920. The van der Waals surface area contributed by atoms with Crippen molar-refractivity contribution in [3.05, 3.63) is 11.6 Å². The summed E-state index contributed by atoms with van der Waals surface area (Å²) in [6, 6.07) is 0. The predicted octanol–water partition coefficient (Wildman–Crippen LogP) is 3.06. The second-order valence-corrected chi connectivity index (χ2v) is 5.92. The highest BCUT2D eigenvalue weighted by molar-refractivity contribution is 5.91. The molecule has 0 N–H and O–H groups in total. The van der Waals surface area contributed by atoms with E-state index < -0.39 is 0 Å². The molecule has 2 nitrogen and oxygen atoms in total. The Bertz CT molecular complexity index is 380. The average Bonchev–Trinajstić information content (AvgIpc) is 2.75. The van der Waals surface area contributed by atoms with E-state index in [0.29, 0.717) is 29.3 Å². The number of ketones is 2. The van der Waals surface area contributed by atoms with Gasteiger partial charge >= 0.3 is 0 Å². The number of carbonyl (C=O) groups is 2. The minimum atomic E-state index is 0.312. The van der Waals surface area contributed by atoms with E-state index in [4.69, 9.17) is 0 Å². The first-order valence-electron chi connectivity index (χ1n) is 7.00. The molecule has 0 heterocycles. The quantitative estimate of drug-likeness (QED) is 0.696. The van der Waals surface area contributed by atoms with Gasteiger partial charge in [0.1, 0.15) is 5.78 Å². The number of fused-ring (bicyclic) bond motifs is 1. The van der Waals surface area contributed by atoms with Gasteiger partial charge < -0.3 is 0 Å². The molecule has 0 spiro atoms. The number of Topliss-reactive ketones (excluding diaryl/α,β-unsaturated/α-hetero) is 1. The molecule has 2 heteroatoms. The number of hydrogen-bond donors (Lipinski definition) is 0. The van der Waals surface area contributed by atoms with Crippen molar-refractivity contribution in [1.82, 2.24) is 0 Å². The Kier molecular flexibility index (Phi) is 2.89. The van der Waals surface area contributed by atoms with Gasteiger partial charge in [-0.05, 0) is 56.4 Å². The molecule has 0 amide bonds. The lowest BCUT2D eigenvalue weighted by atomic mass is 9.69. The molecular weight excluding hydrogens is 212 g/mol. The van der Waals surface area contributed by atoms with Crippen molar-refractivity contribution in [2.45, 2.75) is 51.4 Å². The van der Waals surface area contributed by atoms with Crippen molar-refractivity contribution >= 4 is 11.6 Å². The molecule has 0 aromatic heterocycles. The zero-order chi connectivity index (χ0) is 11.8. The average molecular weight is 232 g/mol. The van der Waals surface area contributed by atoms with Crippen LogP contribution < -0.4 is 0 Å². The van der Waals surface area contributed by atoms with Crippen LogP contribution in [0.3, 0.4) is 0 Å². The van der Waals surface area contributed by atoms with Gasteiger partial charge in [0.25, 0.3) is 0 Å². The van der Waals surface area contributed by atoms with Gasteiger partial charge in [0.2, 0.25) is 0 Å². The van der Waals surface area contributed by atoms with Gasteiger partial charge in [-0.2, -0.15) is 0 Å². The monoisotopic (exact) mass is 232 g/mol. The van der Waals surface area contributed by atoms with Crippen LogP contribution in [0.15, 0.2) is 11.6 Å². The van der Waals surface area contributed by atoms with Gasteiger partial charge in [0.15, 0.2) is 5.78 Å². The number of rotatable bonds is 1. The molecular formula is C15H20O2. The summed E-state index contributed by atoms with van der Waals surface area (Å²) in [5.41, 5.74) is 1.38. The third kappa shape index (κ3) is 2.10. The topological polar surface area (TPSA) is 34.1 Å². The molecule has 3 rings (SSSR count). The van der Waals surface area contributed by atoms with E-state index in [9.17, 15) is 9.59 Å². The van der Waals surface area contributed by atoms with Crippen LogP contribution in [0.4, 0.5) is 0 Å². The summed E-state index contributed by atoms with van der Waals surface area (Å²) in [6.07, 6.45) is 10.0. The third-order valence-electron chi connectivity index (χ3n) is 4.92. The minimum Gasteiger partial charge on any atom is -0.299 e. The molecule has 17 heavy (non-hydrogen) atoms. The summed E-state index contributed by atoms with van der Waals surface area (Å²) >= 11 is 0. The minimum absolute atomic E-state index is 0.312. The number of carbonyl (C=O) groups excluding carboxylic acids is 2. The van der Waals surface area contributed by atoms with Crippen molar-refractivity contribution in [1.29, 1.82) is 0 Å². The maximum absolute atomic E-state index is 11.8. The van der Waals surface area contributed by atoms with E-state index in [-0.39, 0.29) is 0 Å². The van der Waals surface area contributed by atoms with Crippen LogP contribution in [0.25, 0.3) is 0 Å². The first kappa shape index (κ1) is 11.2. The highest BCUT2D eigenvalue weighted by Gasteiger charge is 2.37. The van der Waals surface area contributed by atoms with E-state index in [0.717, 1.165) is 51.4 Å².